The molecule has 1 rings (SSSR count). The molecule has 1 amide bonds. The summed E-state index contributed by atoms with van der Waals surface area (Å²) in [5.41, 5.74) is 8.15. The van der Waals surface area contributed by atoms with E-state index in [0.29, 0.717) is 13.0 Å². The molecule has 0 aliphatic heterocycles. The van der Waals surface area contributed by atoms with Gasteiger partial charge in [-0.05, 0) is 30.6 Å². The van der Waals surface area contributed by atoms with E-state index in [-0.39, 0.29) is 30.7 Å². The van der Waals surface area contributed by atoms with Gasteiger partial charge in [0.2, 0.25) is 5.91 Å². The number of benzene rings is 1. The van der Waals surface area contributed by atoms with Gasteiger partial charge in [0.1, 0.15) is 0 Å². The molecule has 0 bridgehead atoms. The van der Waals surface area contributed by atoms with E-state index in [2.05, 4.69) is 36.2 Å². The first-order chi connectivity index (χ1) is 9.62. The maximum absolute atomic E-state index is 11.7. The standard InChI is InChI=1S/C16H27N3O.2ClH/c1-4-15(17)16(20)18-11-13-9-7-8-10-14(13)12-19(5-2)6-3;;/h7-10,15H,4-6,11-12,17H2,1-3H3,(H,18,20);2*1H/t15-;;/m0../s1. The summed E-state index contributed by atoms with van der Waals surface area (Å²) in [5.74, 6) is -0.0786. The van der Waals surface area contributed by atoms with Crippen molar-refractivity contribution >= 4 is 30.7 Å². The number of hydrogen-bond acceptors (Lipinski definition) is 3. The van der Waals surface area contributed by atoms with E-state index in [1.54, 1.807) is 0 Å². The topological polar surface area (TPSA) is 58.4 Å². The van der Waals surface area contributed by atoms with Gasteiger partial charge in [-0.2, -0.15) is 0 Å². The van der Waals surface area contributed by atoms with Crippen LogP contribution in [0.25, 0.3) is 0 Å². The maximum atomic E-state index is 11.7. The Morgan fingerprint density at radius 3 is 2.18 bits per heavy atom. The zero-order valence-corrected chi connectivity index (χ0v) is 15.3. The molecule has 0 heterocycles. The van der Waals surface area contributed by atoms with Crippen LogP contribution in [0, 0.1) is 0 Å². The van der Waals surface area contributed by atoms with Crippen molar-refractivity contribution in [2.45, 2.75) is 46.3 Å². The third-order valence-corrected chi connectivity index (χ3v) is 3.64. The number of carbonyl (C=O) groups excluding carboxylic acids is 1. The highest BCUT2D eigenvalue weighted by molar-refractivity contribution is 5.85. The van der Waals surface area contributed by atoms with E-state index in [0.717, 1.165) is 25.2 Å². The number of nitrogens with one attached hydrogen (secondary N) is 1. The third-order valence-electron chi connectivity index (χ3n) is 3.64. The first kappa shape index (κ1) is 23.5. The lowest BCUT2D eigenvalue weighted by atomic mass is 10.1. The Morgan fingerprint density at radius 2 is 1.68 bits per heavy atom. The van der Waals surface area contributed by atoms with Crippen LogP contribution in [0.1, 0.15) is 38.3 Å². The molecule has 1 atom stereocenters. The van der Waals surface area contributed by atoms with E-state index < -0.39 is 6.04 Å². The third kappa shape index (κ3) is 7.45. The minimum atomic E-state index is -0.412. The van der Waals surface area contributed by atoms with Crippen molar-refractivity contribution in [1.29, 1.82) is 0 Å². The summed E-state index contributed by atoms with van der Waals surface area (Å²) in [7, 11) is 0. The Balaban J connectivity index is 0. The van der Waals surface area contributed by atoms with Crippen molar-refractivity contribution < 1.29 is 4.79 Å². The van der Waals surface area contributed by atoms with Gasteiger partial charge in [0.15, 0.2) is 0 Å². The monoisotopic (exact) mass is 349 g/mol. The van der Waals surface area contributed by atoms with Crippen LogP contribution >= 0.6 is 24.8 Å². The minimum absolute atomic E-state index is 0. The molecule has 22 heavy (non-hydrogen) atoms. The Morgan fingerprint density at radius 1 is 1.14 bits per heavy atom. The fraction of sp³-hybridized carbons (Fsp3) is 0.562. The van der Waals surface area contributed by atoms with Gasteiger partial charge in [-0.1, -0.05) is 45.0 Å². The van der Waals surface area contributed by atoms with E-state index in [4.69, 9.17) is 5.73 Å². The van der Waals surface area contributed by atoms with Crippen LogP contribution in [0.3, 0.4) is 0 Å². The van der Waals surface area contributed by atoms with Crippen LogP contribution in [0.15, 0.2) is 24.3 Å². The Bertz CT molecular complexity index is 426. The Hall–Kier alpha value is -0.810. The number of rotatable bonds is 8. The highest BCUT2D eigenvalue weighted by atomic mass is 35.5. The van der Waals surface area contributed by atoms with Crippen LogP contribution in [0.4, 0.5) is 0 Å². The lowest BCUT2D eigenvalue weighted by Gasteiger charge is -2.20. The van der Waals surface area contributed by atoms with Crippen LogP contribution in [-0.2, 0) is 17.9 Å². The number of halogens is 2. The first-order valence-electron chi connectivity index (χ1n) is 7.44. The van der Waals surface area contributed by atoms with Crippen molar-refractivity contribution in [2.75, 3.05) is 13.1 Å². The summed E-state index contributed by atoms with van der Waals surface area (Å²) in [5, 5.41) is 2.92. The SMILES string of the molecule is CC[C@H](N)C(=O)NCc1ccccc1CN(CC)CC.Cl.Cl. The molecule has 0 aromatic heterocycles. The van der Waals surface area contributed by atoms with Gasteiger partial charge in [0.05, 0.1) is 6.04 Å². The fourth-order valence-corrected chi connectivity index (χ4v) is 2.07. The maximum Gasteiger partial charge on any atom is 0.237 e. The normalized spacial score (nSPS) is 11.3. The van der Waals surface area contributed by atoms with Gasteiger partial charge in [-0.15, -0.1) is 24.8 Å². The molecule has 0 aliphatic rings. The van der Waals surface area contributed by atoms with Crippen molar-refractivity contribution in [2.24, 2.45) is 5.73 Å². The molecule has 0 saturated carbocycles. The number of amides is 1. The Kier molecular flexibility index (Phi) is 13.5. The summed E-state index contributed by atoms with van der Waals surface area (Å²) in [6.07, 6.45) is 0.660. The molecule has 0 saturated heterocycles. The predicted octanol–water partition coefficient (Wildman–Crippen LogP) is 2.73. The molecule has 1 aromatic rings. The highest BCUT2D eigenvalue weighted by Crippen LogP contribution is 2.11. The quantitative estimate of drug-likeness (QED) is 0.758. The molecule has 6 heteroatoms. The van der Waals surface area contributed by atoms with Crippen molar-refractivity contribution in [3.05, 3.63) is 35.4 Å². The van der Waals surface area contributed by atoms with Gasteiger partial charge < -0.3 is 11.1 Å². The average molecular weight is 350 g/mol. The van der Waals surface area contributed by atoms with Crippen LogP contribution in [0.2, 0.25) is 0 Å². The molecule has 0 fully saturated rings. The smallest absolute Gasteiger partial charge is 0.237 e. The average Bonchev–Trinajstić information content (AvgIpc) is 2.50. The lowest BCUT2D eigenvalue weighted by molar-refractivity contribution is -0.122. The second-order valence-electron chi connectivity index (χ2n) is 4.96. The van der Waals surface area contributed by atoms with E-state index >= 15 is 0 Å². The molecule has 3 N–H and O–H groups in total. The second kappa shape index (κ2) is 12.7. The highest BCUT2D eigenvalue weighted by Gasteiger charge is 2.11. The van der Waals surface area contributed by atoms with E-state index in [9.17, 15) is 4.79 Å². The zero-order valence-electron chi connectivity index (χ0n) is 13.7. The fourth-order valence-electron chi connectivity index (χ4n) is 2.07. The summed E-state index contributed by atoms with van der Waals surface area (Å²) in [4.78, 5) is 14.1. The summed E-state index contributed by atoms with van der Waals surface area (Å²) in [6.45, 7) is 9.75. The largest absolute Gasteiger partial charge is 0.351 e. The lowest BCUT2D eigenvalue weighted by Crippen LogP contribution is -2.39. The van der Waals surface area contributed by atoms with E-state index in [1.165, 1.54) is 5.56 Å². The van der Waals surface area contributed by atoms with Crippen molar-refractivity contribution in [3.8, 4) is 0 Å². The minimum Gasteiger partial charge on any atom is -0.351 e. The van der Waals surface area contributed by atoms with E-state index in [1.807, 2.05) is 19.1 Å². The van der Waals surface area contributed by atoms with Crippen molar-refractivity contribution in [3.63, 3.8) is 0 Å². The van der Waals surface area contributed by atoms with Crippen LogP contribution < -0.4 is 11.1 Å². The van der Waals surface area contributed by atoms with Gasteiger partial charge in [-0.25, -0.2) is 0 Å². The van der Waals surface area contributed by atoms with Gasteiger partial charge in [0.25, 0.3) is 0 Å². The molecular weight excluding hydrogens is 321 g/mol. The second-order valence-corrected chi connectivity index (χ2v) is 4.96. The van der Waals surface area contributed by atoms with Gasteiger partial charge in [0, 0.05) is 13.1 Å². The first-order valence-corrected chi connectivity index (χ1v) is 7.44. The molecular formula is C16H29Cl2N3O. The summed E-state index contributed by atoms with van der Waals surface area (Å²) in [6, 6.07) is 7.83. The predicted molar refractivity (Wildman–Crippen MR) is 97.7 cm³/mol. The molecule has 0 spiro atoms. The molecule has 4 nitrogen and oxygen atoms in total. The van der Waals surface area contributed by atoms with Gasteiger partial charge in [-0.3, -0.25) is 9.69 Å². The molecule has 128 valence electrons. The zero-order chi connectivity index (χ0) is 15.0. The number of carbonyl (C=O) groups is 1. The molecule has 0 aliphatic carbocycles. The summed E-state index contributed by atoms with van der Waals surface area (Å²) >= 11 is 0. The molecule has 0 radical (unpaired) electrons. The molecule has 1 aromatic carbocycles. The van der Waals surface area contributed by atoms with Gasteiger partial charge >= 0.3 is 0 Å². The summed E-state index contributed by atoms with van der Waals surface area (Å²) < 4.78 is 0. The van der Waals surface area contributed by atoms with Crippen LogP contribution in [-0.4, -0.2) is 29.9 Å². The van der Waals surface area contributed by atoms with Crippen molar-refractivity contribution in [1.82, 2.24) is 10.2 Å². The number of nitrogens with zero attached hydrogens (tertiary/aromatic N) is 1. The number of nitrogens with two attached hydrogens (primary N) is 1. The Labute approximate surface area is 146 Å². The van der Waals surface area contributed by atoms with Crippen LogP contribution in [0.5, 0.6) is 0 Å². The molecule has 0 unspecified atom stereocenters. The number of hydrogen-bond donors (Lipinski definition) is 2.